The molecule has 3 rings (SSSR count). The molecule has 0 aliphatic carbocycles. The maximum Gasteiger partial charge on any atom is 0.226 e. The molecule has 2 aromatic rings. The summed E-state index contributed by atoms with van der Waals surface area (Å²) in [5.74, 6) is 1.51. The molecular formula is C16H19FN4OS2. The highest BCUT2D eigenvalue weighted by atomic mass is 32.2. The van der Waals surface area contributed by atoms with E-state index in [2.05, 4.69) is 15.6 Å². The Balaban J connectivity index is 1.70. The Bertz CT molecular complexity index is 716. The van der Waals surface area contributed by atoms with Gasteiger partial charge in [-0.15, -0.1) is 0 Å². The van der Waals surface area contributed by atoms with Crippen LogP contribution in [0, 0.1) is 5.82 Å². The monoisotopic (exact) mass is 366 g/mol. The van der Waals surface area contributed by atoms with E-state index in [0.717, 1.165) is 28.1 Å². The normalized spacial score (nSPS) is 17.7. The van der Waals surface area contributed by atoms with Crippen molar-refractivity contribution in [2.45, 2.75) is 22.5 Å². The third kappa shape index (κ3) is 4.52. The predicted octanol–water partition coefficient (Wildman–Crippen LogP) is 2.74. The van der Waals surface area contributed by atoms with Crippen LogP contribution in [0.3, 0.4) is 0 Å². The van der Waals surface area contributed by atoms with E-state index < -0.39 is 0 Å². The molecule has 0 bridgehead atoms. The summed E-state index contributed by atoms with van der Waals surface area (Å²) in [5.41, 5.74) is 0.483. The highest BCUT2D eigenvalue weighted by Gasteiger charge is 2.18. The molecule has 2 heterocycles. The van der Waals surface area contributed by atoms with Gasteiger partial charge in [0.25, 0.3) is 0 Å². The van der Waals surface area contributed by atoms with Crippen LogP contribution in [0.4, 0.5) is 10.1 Å². The number of halogens is 1. The SMILES string of the molecule is Cn1ccnc1Sc1ccc(F)cc1NC(=O)CC1CSCCN1. The number of aromatic nitrogens is 2. The number of benzene rings is 1. The lowest BCUT2D eigenvalue weighted by molar-refractivity contribution is -0.116. The zero-order valence-electron chi connectivity index (χ0n) is 13.3. The van der Waals surface area contributed by atoms with Crippen LogP contribution in [0.5, 0.6) is 0 Å². The maximum absolute atomic E-state index is 13.6. The number of imidazole rings is 1. The zero-order chi connectivity index (χ0) is 16.9. The van der Waals surface area contributed by atoms with Gasteiger partial charge in [0.2, 0.25) is 5.91 Å². The molecular weight excluding hydrogens is 347 g/mol. The number of nitrogens with zero attached hydrogens (tertiary/aromatic N) is 2. The van der Waals surface area contributed by atoms with E-state index in [1.54, 1.807) is 12.3 Å². The predicted molar refractivity (Wildman–Crippen MR) is 96.1 cm³/mol. The summed E-state index contributed by atoms with van der Waals surface area (Å²) in [6.45, 7) is 0.919. The van der Waals surface area contributed by atoms with Crippen molar-refractivity contribution in [1.29, 1.82) is 0 Å². The number of hydrogen-bond donors (Lipinski definition) is 2. The molecule has 1 fully saturated rings. The molecule has 1 aliphatic heterocycles. The number of carbonyl (C=O) groups is 1. The van der Waals surface area contributed by atoms with Crippen molar-refractivity contribution in [2.75, 3.05) is 23.4 Å². The number of aryl methyl sites for hydroxylation is 1. The Morgan fingerprint density at radius 2 is 2.46 bits per heavy atom. The lowest BCUT2D eigenvalue weighted by Crippen LogP contribution is -2.39. The Labute approximate surface area is 148 Å². The summed E-state index contributed by atoms with van der Waals surface area (Å²) in [4.78, 5) is 17.3. The molecule has 1 aromatic carbocycles. The van der Waals surface area contributed by atoms with Crippen LogP contribution in [-0.4, -0.2) is 39.6 Å². The molecule has 0 radical (unpaired) electrons. The summed E-state index contributed by atoms with van der Waals surface area (Å²) in [6, 6.07) is 4.58. The van der Waals surface area contributed by atoms with Gasteiger partial charge in [0.1, 0.15) is 5.82 Å². The van der Waals surface area contributed by atoms with Gasteiger partial charge in [0.15, 0.2) is 5.16 Å². The van der Waals surface area contributed by atoms with Crippen molar-refractivity contribution >= 4 is 35.1 Å². The van der Waals surface area contributed by atoms with E-state index in [1.165, 1.54) is 23.9 Å². The Hall–Kier alpha value is -1.51. The number of rotatable bonds is 5. The van der Waals surface area contributed by atoms with Gasteiger partial charge in [-0.2, -0.15) is 11.8 Å². The van der Waals surface area contributed by atoms with Crippen LogP contribution in [0.2, 0.25) is 0 Å². The molecule has 1 unspecified atom stereocenters. The van der Waals surface area contributed by atoms with Gasteiger partial charge >= 0.3 is 0 Å². The van der Waals surface area contributed by atoms with Crippen LogP contribution in [0.15, 0.2) is 40.6 Å². The van der Waals surface area contributed by atoms with E-state index in [1.807, 2.05) is 29.6 Å². The fourth-order valence-corrected chi connectivity index (χ4v) is 4.23. The lowest BCUT2D eigenvalue weighted by atomic mass is 10.2. The number of thioether (sulfide) groups is 1. The first-order chi connectivity index (χ1) is 11.6. The molecule has 24 heavy (non-hydrogen) atoms. The van der Waals surface area contributed by atoms with Gasteiger partial charge < -0.3 is 15.2 Å². The van der Waals surface area contributed by atoms with E-state index >= 15 is 0 Å². The molecule has 1 aliphatic rings. The van der Waals surface area contributed by atoms with Crippen molar-refractivity contribution in [3.63, 3.8) is 0 Å². The van der Waals surface area contributed by atoms with Crippen LogP contribution < -0.4 is 10.6 Å². The average molecular weight is 366 g/mol. The molecule has 1 amide bonds. The molecule has 1 atom stereocenters. The molecule has 1 aromatic heterocycles. The Morgan fingerprint density at radius 3 is 3.17 bits per heavy atom. The Morgan fingerprint density at radius 1 is 1.58 bits per heavy atom. The standard InChI is InChI=1S/C16H19FN4OS2/c1-21-6-4-19-16(21)24-14-3-2-11(17)8-13(14)20-15(22)9-12-10-23-7-5-18-12/h2-4,6,8,12,18H,5,7,9-10H2,1H3,(H,20,22). The Kier molecular flexibility index (Phi) is 5.80. The second-order valence-electron chi connectivity index (χ2n) is 5.54. The quantitative estimate of drug-likeness (QED) is 0.852. The summed E-state index contributed by atoms with van der Waals surface area (Å²) >= 11 is 3.24. The first kappa shape index (κ1) is 17.3. The third-order valence-corrected chi connectivity index (χ3v) is 5.91. The number of anilines is 1. The minimum Gasteiger partial charge on any atom is -0.329 e. The molecule has 8 heteroatoms. The number of nitrogens with one attached hydrogen (secondary N) is 2. The summed E-state index contributed by atoms with van der Waals surface area (Å²) < 4.78 is 15.5. The van der Waals surface area contributed by atoms with Crippen LogP contribution in [0.25, 0.3) is 0 Å². The highest BCUT2D eigenvalue weighted by molar-refractivity contribution is 7.99. The van der Waals surface area contributed by atoms with E-state index in [4.69, 9.17) is 0 Å². The summed E-state index contributed by atoms with van der Waals surface area (Å²) in [6.07, 6.45) is 3.93. The number of amides is 1. The average Bonchev–Trinajstić information content (AvgIpc) is 2.96. The maximum atomic E-state index is 13.6. The summed E-state index contributed by atoms with van der Waals surface area (Å²) in [7, 11) is 1.89. The van der Waals surface area contributed by atoms with Crippen LogP contribution >= 0.6 is 23.5 Å². The van der Waals surface area contributed by atoms with Gasteiger partial charge in [-0.1, -0.05) is 0 Å². The van der Waals surface area contributed by atoms with E-state index in [9.17, 15) is 9.18 Å². The number of hydrogen-bond acceptors (Lipinski definition) is 5. The van der Waals surface area contributed by atoms with Crippen molar-refractivity contribution < 1.29 is 9.18 Å². The fraction of sp³-hybridized carbons (Fsp3) is 0.375. The van der Waals surface area contributed by atoms with Crippen molar-refractivity contribution in [1.82, 2.24) is 14.9 Å². The van der Waals surface area contributed by atoms with Gasteiger partial charge in [-0.05, 0) is 30.0 Å². The van der Waals surface area contributed by atoms with E-state index in [0.29, 0.717) is 12.1 Å². The van der Waals surface area contributed by atoms with Gasteiger partial charge in [0.05, 0.1) is 5.69 Å². The second kappa shape index (κ2) is 8.04. The van der Waals surface area contributed by atoms with Crippen molar-refractivity contribution in [3.8, 4) is 0 Å². The van der Waals surface area contributed by atoms with Crippen LogP contribution in [-0.2, 0) is 11.8 Å². The highest BCUT2D eigenvalue weighted by Crippen LogP contribution is 2.33. The molecule has 128 valence electrons. The lowest BCUT2D eigenvalue weighted by Gasteiger charge is -2.22. The smallest absolute Gasteiger partial charge is 0.226 e. The largest absolute Gasteiger partial charge is 0.329 e. The van der Waals surface area contributed by atoms with Crippen LogP contribution in [0.1, 0.15) is 6.42 Å². The minimum atomic E-state index is -0.374. The van der Waals surface area contributed by atoms with Crippen molar-refractivity contribution in [2.24, 2.45) is 7.05 Å². The molecule has 5 nitrogen and oxygen atoms in total. The second-order valence-corrected chi connectivity index (χ2v) is 7.70. The van der Waals surface area contributed by atoms with Gasteiger partial charge in [0, 0.05) is 54.8 Å². The first-order valence-corrected chi connectivity index (χ1v) is 9.64. The topological polar surface area (TPSA) is 59.0 Å². The fourth-order valence-electron chi connectivity index (χ4n) is 2.41. The third-order valence-electron chi connectivity index (χ3n) is 3.62. The molecule has 0 saturated carbocycles. The van der Waals surface area contributed by atoms with Gasteiger partial charge in [-0.25, -0.2) is 9.37 Å². The minimum absolute atomic E-state index is 0.109. The number of carbonyl (C=O) groups excluding carboxylic acids is 1. The molecule has 2 N–H and O–H groups in total. The first-order valence-electron chi connectivity index (χ1n) is 7.67. The van der Waals surface area contributed by atoms with E-state index in [-0.39, 0.29) is 17.8 Å². The van der Waals surface area contributed by atoms with Crippen molar-refractivity contribution in [3.05, 3.63) is 36.4 Å². The molecule has 1 saturated heterocycles. The zero-order valence-corrected chi connectivity index (χ0v) is 14.9. The van der Waals surface area contributed by atoms with Gasteiger partial charge in [-0.3, -0.25) is 4.79 Å². The molecule has 0 spiro atoms. The summed E-state index contributed by atoms with van der Waals surface area (Å²) in [5, 5.41) is 6.96.